The van der Waals surface area contributed by atoms with Crippen LogP contribution in [0, 0.1) is 5.92 Å². The van der Waals surface area contributed by atoms with E-state index in [1.807, 2.05) is 45.9 Å². The first kappa shape index (κ1) is 23.1. The van der Waals surface area contributed by atoms with Gasteiger partial charge < -0.3 is 9.47 Å². The Labute approximate surface area is 139 Å². The van der Waals surface area contributed by atoms with Crippen LogP contribution in [0.1, 0.15) is 41.5 Å². The van der Waals surface area contributed by atoms with Gasteiger partial charge >= 0.3 is 11.9 Å². The Morgan fingerprint density at radius 3 is 1.78 bits per heavy atom. The summed E-state index contributed by atoms with van der Waals surface area (Å²) in [5.41, 5.74) is 0.654. The van der Waals surface area contributed by atoms with Crippen molar-refractivity contribution in [3.8, 4) is 0 Å². The SMILES string of the molecule is CC.CC.CCOC(=O)C(C=Nc1ccccc1)C(=O)OCC. The maximum atomic E-state index is 11.7. The lowest BCUT2D eigenvalue weighted by molar-refractivity contribution is -0.157. The Morgan fingerprint density at radius 2 is 1.39 bits per heavy atom. The fraction of sp³-hybridized carbons (Fsp3) is 0.500. The molecule has 0 aromatic heterocycles. The smallest absolute Gasteiger partial charge is 0.325 e. The Hall–Kier alpha value is -2.17. The van der Waals surface area contributed by atoms with E-state index in [1.54, 1.807) is 26.0 Å². The summed E-state index contributed by atoms with van der Waals surface area (Å²) in [6.07, 6.45) is 1.26. The van der Waals surface area contributed by atoms with E-state index in [9.17, 15) is 9.59 Å². The summed E-state index contributed by atoms with van der Waals surface area (Å²) in [5.74, 6) is -2.43. The van der Waals surface area contributed by atoms with Crippen LogP contribution in [0.15, 0.2) is 35.3 Å². The van der Waals surface area contributed by atoms with Crippen LogP contribution in [0.3, 0.4) is 0 Å². The number of rotatable bonds is 6. The van der Waals surface area contributed by atoms with E-state index < -0.39 is 17.9 Å². The molecule has 5 nitrogen and oxygen atoms in total. The van der Waals surface area contributed by atoms with Crippen LogP contribution < -0.4 is 0 Å². The van der Waals surface area contributed by atoms with E-state index in [0.717, 1.165) is 0 Å². The average molecular weight is 323 g/mol. The minimum absolute atomic E-state index is 0.202. The van der Waals surface area contributed by atoms with E-state index in [0.29, 0.717) is 5.69 Å². The van der Waals surface area contributed by atoms with Gasteiger partial charge in [-0.25, -0.2) is 0 Å². The molecule has 0 N–H and O–H groups in total. The first-order valence-corrected chi connectivity index (χ1v) is 8.11. The summed E-state index contributed by atoms with van der Waals surface area (Å²) in [6, 6.07) is 9.02. The number of aliphatic imine (C=N–C) groups is 1. The van der Waals surface area contributed by atoms with Gasteiger partial charge in [0.25, 0.3) is 0 Å². The van der Waals surface area contributed by atoms with Crippen molar-refractivity contribution in [2.45, 2.75) is 41.5 Å². The van der Waals surface area contributed by atoms with E-state index in [-0.39, 0.29) is 13.2 Å². The van der Waals surface area contributed by atoms with Crippen molar-refractivity contribution in [3.05, 3.63) is 30.3 Å². The first-order valence-electron chi connectivity index (χ1n) is 8.11. The van der Waals surface area contributed by atoms with E-state index >= 15 is 0 Å². The highest BCUT2D eigenvalue weighted by Crippen LogP contribution is 2.11. The van der Waals surface area contributed by atoms with Crippen LogP contribution in [0.2, 0.25) is 0 Å². The number of ether oxygens (including phenoxy) is 2. The van der Waals surface area contributed by atoms with Gasteiger partial charge in [0.15, 0.2) is 5.92 Å². The zero-order valence-corrected chi connectivity index (χ0v) is 15.0. The summed E-state index contributed by atoms with van der Waals surface area (Å²) < 4.78 is 9.66. The molecule has 0 heterocycles. The molecular weight excluding hydrogens is 294 g/mol. The molecule has 0 unspecified atom stereocenters. The van der Waals surface area contributed by atoms with Crippen LogP contribution >= 0.6 is 0 Å². The van der Waals surface area contributed by atoms with Crippen molar-refractivity contribution in [2.24, 2.45) is 10.9 Å². The predicted molar refractivity (Wildman–Crippen MR) is 94.0 cm³/mol. The van der Waals surface area contributed by atoms with Crippen molar-refractivity contribution in [3.63, 3.8) is 0 Å². The van der Waals surface area contributed by atoms with Gasteiger partial charge in [-0.15, -0.1) is 0 Å². The van der Waals surface area contributed by atoms with E-state index in [4.69, 9.17) is 9.47 Å². The van der Waals surface area contributed by atoms with Crippen molar-refractivity contribution in [1.29, 1.82) is 0 Å². The summed E-state index contributed by atoms with van der Waals surface area (Å²) in [6.45, 7) is 11.8. The van der Waals surface area contributed by atoms with Gasteiger partial charge in [0, 0.05) is 6.21 Å². The molecule has 0 amide bonds. The van der Waals surface area contributed by atoms with Gasteiger partial charge in [-0.05, 0) is 26.0 Å². The molecule has 1 aromatic rings. The number of carbonyl (C=O) groups excluding carboxylic acids is 2. The third-order valence-corrected chi connectivity index (χ3v) is 2.21. The molecule has 0 bridgehead atoms. The first-order chi connectivity index (χ1) is 11.2. The number of hydrogen-bond acceptors (Lipinski definition) is 5. The molecule has 23 heavy (non-hydrogen) atoms. The van der Waals surface area contributed by atoms with Gasteiger partial charge in [0.05, 0.1) is 18.9 Å². The summed E-state index contributed by atoms with van der Waals surface area (Å²) in [5, 5.41) is 0. The van der Waals surface area contributed by atoms with Crippen molar-refractivity contribution in [1.82, 2.24) is 0 Å². The molecule has 0 radical (unpaired) electrons. The van der Waals surface area contributed by atoms with Gasteiger partial charge in [0.1, 0.15) is 0 Å². The number of nitrogens with zero attached hydrogens (tertiary/aromatic N) is 1. The van der Waals surface area contributed by atoms with E-state index in [1.165, 1.54) is 6.21 Å². The standard InChI is InChI=1S/C14H17NO4.2C2H6/c1-3-18-13(16)12(14(17)19-4-2)10-15-11-8-6-5-7-9-11;2*1-2/h5-10,12H,3-4H2,1-2H3;2*1-2H3. The Kier molecular flexibility index (Phi) is 16.3. The minimum atomic E-state index is -1.12. The monoisotopic (exact) mass is 323 g/mol. The maximum Gasteiger partial charge on any atom is 0.325 e. The van der Waals surface area contributed by atoms with Crippen LogP contribution in [0.4, 0.5) is 5.69 Å². The zero-order chi connectivity index (χ0) is 18.1. The lowest BCUT2D eigenvalue weighted by Crippen LogP contribution is -2.29. The fourth-order valence-electron chi connectivity index (χ4n) is 1.36. The van der Waals surface area contributed by atoms with Gasteiger partial charge in [-0.1, -0.05) is 45.9 Å². The highest BCUT2D eigenvalue weighted by Gasteiger charge is 2.27. The van der Waals surface area contributed by atoms with Crippen molar-refractivity contribution >= 4 is 23.8 Å². The highest BCUT2D eigenvalue weighted by molar-refractivity contribution is 6.09. The summed E-state index contributed by atoms with van der Waals surface area (Å²) in [7, 11) is 0. The quantitative estimate of drug-likeness (QED) is 0.447. The minimum Gasteiger partial charge on any atom is -0.465 e. The molecule has 1 rings (SSSR count). The molecule has 0 saturated heterocycles. The third-order valence-electron chi connectivity index (χ3n) is 2.21. The molecule has 0 aliphatic carbocycles. The van der Waals surface area contributed by atoms with Crippen LogP contribution in [0.25, 0.3) is 0 Å². The predicted octanol–water partition coefficient (Wildman–Crippen LogP) is 4.18. The number of carbonyl (C=O) groups is 2. The molecule has 0 atom stereocenters. The van der Waals surface area contributed by atoms with Gasteiger partial charge in [-0.3, -0.25) is 14.6 Å². The van der Waals surface area contributed by atoms with Gasteiger partial charge in [0.2, 0.25) is 0 Å². The molecule has 0 aliphatic rings. The second kappa shape index (κ2) is 16.2. The lowest BCUT2D eigenvalue weighted by Gasteiger charge is -2.09. The Bertz CT molecular complexity index is 426. The largest absolute Gasteiger partial charge is 0.465 e. The fourth-order valence-corrected chi connectivity index (χ4v) is 1.36. The molecule has 130 valence electrons. The zero-order valence-electron chi connectivity index (χ0n) is 15.0. The third kappa shape index (κ3) is 10.2. The highest BCUT2D eigenvalue weighted by atomic mass is 16.6. The molecule has 0 fully saturated rings. The molecule has 0 saturated carbocycles. The second-order valence-electron chi connectivity index (χ2n) is 3.60. The Balaban J connectivity index is 0. The molecule has 1 aromatic carbocycles. The lowest BCUT2D eigenvalue weighted by atomic mass is 10.1. The maximum absolute atomic E-state index is 11.7. The van der Waals surface area contributed by atoms with Crippen molar-refractivity contribution in [2.75, 3.05) is 13.2 Å². The molecule has 0 spiro atoms. The second-order valence-corrected chi connectivity index (χ2v) is 3.60. The topological polar surface area (TPSA) is 65.0 Å². The number of para-hydroxylation sites is 1. The van der Waals surface area contributed by atoms with Gasteiger partial charge in [-0.2, -0.15) is 0 Å². The van der Waals surface area contributed by atoms with E-state index in [2.05, 4.69) is 4.99 Å². The van der Waals surface area contributed by atoms with Crippen LogP contribution in [-0.4, -0.2) is 31.4 Å². The molecule has 0 aliphatic heterocycles. The number of benzene rings is 1. The van der Waals surface area contributed by atoms with Crippen molar-refractivity contribution < 1.29 is 19.1 Å². The van der Waals surface area contributed by atoms with Crippen LogP contribution in [0.5, 0.6) is 0 Å². The number of hydrogen-bond donors (Lipinski definition) is 0. The molecular formula is C18H29NO4. The normalized spacial score (nSPS) is 9.35. The number of esters is 2. The van der Waals surface area contributed by atoms with Crippen LogP contribution in [-0.2, 0) is 19.1 Å². The summed E-state index contributed by atoms with van der Waals surface area (Å²) in [4.78, 5) is 27.4. The Morgan fingerprint density at radius 1 is 0.957 bits per heavy atom. The summed E-state index contributed by atoms with van der Waals surface area (Å²) >= 11 is 0. The average Bonchev–Trinajstić information content (AvgIpc) is 2.60. The molecule has 5 heteroatoms.